The fraction of sp³-hybridized carbons (Fsp3) is 0.818. The van der Waals surface area contributed by atoms with E-state index in [0.29, 0.717) is 13.1 Å². The van der Waals surface area contributed by atoms with Crippen LogP contribution < -0.4 is 10.6 Å². The number of esters is 4. The first-order valence-corrected chi connectivity index (χ1v) is 11.4. The molecule has 0 aromatic carbocycles. The molecule has 2 N–H and O–H groups in total. The summed E-state index contributed by atoms with van der Waals surface area (Å²) < 4.78 is 19.9. The monoisotopic (exact) mass is 460 g/mol. The lowest BCUT2D eigenvalue weighted by atomic mass is 10.0. The summed E-state index contributed by atoms with van der Waals surface area (Å²) in [6.45, 7) is 10.8. The second-order valence-electron chi connectivity index (χ2n) is 7.24. The lowest BCUT2D eigenvalue weighted by molar-refractivity contribution is -0.152. The van der Waals surface area contributed by atoms with Crippen LogP contribution in [0, 0.1) is 5.92 Å². The third-order valence-electron chi connectivity index (χ3n) is 4.47. The molecule has 0 amide bonds. The van der Waals surface area contributed by atoms with Crippen molar-refractivity contribution < 1.29 is 38.1 Å². The Kier molecular flexibility index (Phi) is 17.1. The van der Waals surface area contributed by atoms with Crippen LogP contribution in [0.3, 0.4) is 0 Å². The van der Waals surface area contributed by atoms with E-state index < -0.39 is 36.0 Å². The van der Waals surface area contributed by atoms with Crippen molar-refractivity contribution in [3.05, 3.63) is 0 Å². The molecule has 0 saturated heterocycles. The number of carbonyl (C=O) groups is 4. The molecule has 10 nitrogen and oxygen atoms in total. The zero-order valence-corrected chi connectivity index (χ0v) is 20.1. The van der Waals surface area contributed by atoms with Gasteiger partial charge in [0.25, 0.3) is 0 Å². The van der Waals surface area contributed by atoms with Crippen LogP contribution in [0.15, 0.2) is 0 Å². The highest BCUT2D eigenvalue weighted by Gasteiger charge is 2.25. The van der Waals surface area contributed by atoms with Crippen molar-refractivity contribution in [2.45, 2.75) is 72.4 Å². The Balaban J connectivity index is 4.50. The van der Waals surface area contributed by atoms with E-state index in [0.717, 1.165) is 12.8 Å². The molecule has 0 aromatic rings. The molecule has 0 aromatic heterocycles. The van der Waals surface area contributed by atoms with Gasteiger partial charge in [0.1, 0.15) is 12.1 Å². The molecule has 0 radical (unpaired) electrons. The molecule has 0 aliphatic carbocycles. The fourth-order valence-corrected chi connectivity index (χ4v) is 2.91. The summed E-state index contributed by atoms with van der Waals surface area (Å²) in [5.41, 5.74) is 0. The maximum atomic E-state index is 12.1. The number of hydrogen-bond donors (Lipinski definition) is 2. The molecule has 0 saturated carbocycles. The lowest BCUT2D eigenvalue weighted by Gasteiger charge is -2.20. The number of rotatable bonds is 18. The zero-order chi connectivity index (χ0) is 24.4. The van der Waals surface area contributed by atoms with Gasteiger partial charge in [-0.15, -0.1) is 0 Å². The van der Waals surface area contributed by atoms with Gasteiger partial charge >= 0.3 is 23.9 Å². The first-order valence-electron chi connectivity index (χ1n) is 11.4. The minimum absolute atomic E-state index is 0.0845. The predicted octanol–water partition coefficient (Wildman–Crippen LogP) is 1.35. The van der Waals surface area contributed by atoms with Crippen LogP contribution in [0.2, 0.25) is 0 Å². The Morgan fingerprint density at radius 3 is 1.56 bits per heavy atom. The Bertz CT molecular complexity index is 570. The summed E-state index contributed by atoms with van der Waals surface area (Å²) in [7, 11) is 0. The van der Waals surface area contributed by atoms with E-state index in [2.05, 4.69) is 10.6 Å². The maximum Gasteiger partial charge on any atom is 0.323 e. The molecule has 0 spiro atoms. The molecule has 0 heterocycles. The van der Waals surface area contributed by atoms with Gasteiger partial charge in [0.05, 0.1) is 39.3 Å². The third-order valence-corrected chi connectivity index (χ3v) is 4.47. The van der Waals surface area contributed by atoms with Crippen LogP contribution in [-0.4, -0.2) is 75.5 Å². The minimum atomic E-state index is -0.757. The van der Waals surface area contributed by atoms with Crippen LogP contribution in [0.1, 0.15) is 60.3 Å². The SMILES string of the molecule is CCOC(=O)CC(NCCCC(C)CNC(CC(=O)OCC)C(=O)OCC)C(=O)OCC. The first kappa shape index (κ1) is 29.8. The highest BCUT2D eigenvalue weighted by molar-refractivity contribution is 5.83. The minimum Gasteiger partial charge on any atom is -0.466 e. The van der Waals surface area contributed by atoms with Crippen molar-refractivity contribution >= 4 is 23.9 Å². The molecule has 3 unspecified atom stereocenters. The van der Waals surface area contributed by atoms with E-state index in [-0.39, 0.29) is 45.2 Å². The molecule has 0 bridgehead atoms. The second kappa shape index (κ2) is 18.4. The summed E-state index contributed by atoms with van der Waals surface area (Å²) >= 11 is 0. The summed E-state index contributed by atoms with van der Waals surface area (Å²) in [5, 5.41) is 6.15. The van der Waals surface area contributed by atoms with E-state index in [1.54, 1.807) is 27.7 Å². The standard InChI is InChI=1S/C22H40N2O8/c1-6-29-19(25)13-17(21(27)31-8-3)23-12-10-11-16(5)15-24-18(22(28)32-9-4)14-20(26)30-7-2/h16-18,23-24H,6-15H2,1-5H3. The van der Waals surface area contributed by atoms with E-state index in [1.807, 2.05) is 6.92 Å². The molecule has 186 valence electrons. The van der Waals surface area contributed by atoms with Crippen molar-refractivity contribution in [2.75, 3.05) is 39.5 Å². The van der Waals surface area contributed by atoms with Gasteiger partial charge in [-0.05, 0) is 59.5 Å². The fourth-order valence-electron chi connectivity index (χ4n) is 2.91. The maximum absolute atomic E-state index is 12.1. The number of ether oxygens (including phenoxy) is 4. The van der Waals surface area contributed by atoms with E-state index in [4.69, 9.17) is 18.9 Å². The highest BCUT2D eigenvalue weighted by Crippen LogP contribution is 2.07. The quantitative estimate of drug-likeness (QED) is 0.176. The molecular formula is C22H40N2O8. The summed E-state index contributed by atoms with van der Waals surface area (Å²) in [6.07, 6.45) is 1.36. The summed E-state index contributed by atoms with van der Waals surface area (Å²) in [6, 6.07) is -1.51. The molecule has 32 heavy (non-hydrogen) atoms. The van der Waals surface area contributed by atoms with Crippen molar-refractivity contribution in [1.29, 1.82) is 0 Å². The van der Waals surface area contributed by atoms with E-state index in [9.17, 15) is 19.2 Å². The van der Waals surface area contributed by atoms with Gasteiger partial charge in [0.15, 0.2) is 0 Å². The van der Waals surface area contributed by atoms with Crippen LogP contribution in [0.5, 0.6) is 0 Å². The van der Waals surface area contributed by atoms with Crippen LogP contribution >= 0.6 is 0 Å². The topological polar surface area (TPSA) is 129 Å². The Morgan fingerprint density at radius 1 is 0.688 bits per heavy atom. The molecule has 3 atom stereocenters. The van der Waals surface area contributed by atoms with E-state index >= 15 is 0 Å². The Hall–Kier alpha value is -2.20. The Labute approximate surface area is 191 Å². The average molecular weight is 461 g/mol. The second-order valence-corrected chi connectivity index (χ2v) is 7.24. The van der Waals surface area contributed by atoms with Crippen molar-refractivity contribution in [3.63, 3.8) is 0 Å². The van der Waals surface area contributed by atoms with Crippen LogP contribution in [0.4, 0.5) is 0 Å². The van der Waals surface area contributed by atoms with Crippen molar-refractivity contribution in [1.82, 2.24) is 10.6 Å². The van der Waals surface area contributed by atoms with Gasteiger partial charge in [0, 0.05) is 0 Å². The largest absolute Gasteiger partial charge is 0.466 e. The molecule has 0 aliphatic rings. The van der Waals surface area contributed by atoms with Gasteiger partial charge in [0.2, 0.25) is 0 Å². The van der Waals surface area contributed by atoms with Gasteiger partial charge in [-0.25, -0.2) is 0 Å². The zero-order valence-electron chi connectivity index (χ0n) is 20.1. The summed E-state index contributed by atoms with van der Waals surface area (Å²) in [5.74, 6) is -1.68. The molecule has 0 aliphatic heterocycles. The number of carbonyl (C=O) groups excluding carboxylic acids is 4. The van der Waals surface area contributed by atoms with Gasteiger partial charge < -0.3 is 29.6 Å². The molecule has 10 heteroatoms. The summed E-state index contributed by atoms with van der Waals surface area (Å²) in [4.78, 5) is 47.6. The van der Waals surface area contributed by atoms with Gasteiger partial charge in [-0.1, -0.05) is 6.92 Å². The third kappa shape index (κ3) is 14.0. The van der Waals surface area contributed by atoms with Crippen molar-refractivity contribution in [2.24, 2.45) is 5.92 Å². The number of nitrogens with one attached hydrogen (secondary N) is 2. The van der Waals surface area contributed by atoms with Crippen LogP contribution in [-0.2, 0) is 38.1 Å². The van der Waals surface area contributed by atoms with Crippen LogP contribution in [0.25, 0.3) is 0 Å². The molecular weight excluding hydrogens is 420 g/mol. The molecule has 0 rings (SSSR count). The van der Waals surface area contributed by atoms with E-state index in [1.165, 1.54) is 0 Å². The highest BCUT2D eigenvalue weighted by atomic mass is 16.5. The normalized spacial score (nSPS) is 13.5. The lowest BCUT2D eigenvalue weighted by Crippen LogP contribution is -2.42. The predicted molar refractivity (Wildman–Crippen MR) is 118 cm³/mol. The smallest absolute Gasteiger partial charge is 0.323 e. The van der Waals surface area contributed by atoms with Gasteiger partial charge in [-0.2, -0.15) is 0 Å². The molecule has 0 fully saturated rings. The average Bonchev–Trinajstić information content (AvgIpc) is 2.73. The Morgan fingerprint density at radius 2 is 1.12 bits per heavy atom. The van der Waals surface area contributed by atoms with Crippen molar-refractivity contribution in [3.8, 4) is 0 Å². The van der Waals surface area contributed by atoms with Gasteiger partial charge in [-0.3, -0.25) is 19.2 Å². The first-order chi connectivity index (χ1) is 15.3. The number of hydrogen-bond acceptors (Lipinski definition) is 10.